The number of benzene rings is 1. The lowest BCUT2D eigenvalue weighted by Gasteiger charge is -2.32. The molecule has 2 aromatic heterocycles. The first-order valence-corrected chi connectivity index (χ1v) is 11.9. The lowest BCUT2D eigenvalue weighted by Crippen LogP contribution is -2.51. The zero-order valence-corrected chi connectivity index (χ0v) is 18.7. The van der Waals surface area contributed by atoms with Gasteiger partial charge in [-0.3, -0.25) is 14.5 Å². The van der Waals surface area contributed by atoms with E-state index in [1.165, 1.54) is 11.3 Å². The van der Waals surface area contributed by atoms with Crippen molar-refractivity contribution in [1.29, 1.82) is 0 Å². The molecule has 2 N–H and O–H groups in total. The number of Topliss-reactive ketones (excluding diaryl/α,β-unsaturated/α-hetero) is 1. The van der Waals surface area contributed by atoms with Crippen molar-refractivity contribution >= 4 is 34.5 Å². The maximum Gasteiger partial charge on any atom is 0.238 e. The first-order chi connectivity index (χ1) is 16.2. The summed E-state index contributed by atoms with van der Waals surface area (Å²) in [6.45, 7) is 2.65. The van der Waals surface area contributed by atoms with E-state index >= 15 is 0 Å². The van der Waals surface area contributed by atoms with Gasteiger partial charge in [0.15, 0.2) is 11.6 Å². The summed E-state index contributed by atoms with van der Waals surface area (Å²) in [4.78, 5) is 31.8. The fourth-order valence-electron chi connectivity index (χ4n) is 4.04. The van der Waals surface area contributed by atoms with Crippen LogP contribution in [-0.2, 0) is 4.79 Å². The monoisotopic (exact) mass is 464 g/mol. The van der Waals surface area contributed by atoms with E-state index in [0.29, 0.717) is 42.6 Å². The lowest BCUT2D eigenvalue weighted by molar-refractivity contribution is -0.123. The van der Waals surface area contributed by atoms with E-state index in [0.717, 1.165) is 13.0 Å². The second kappa shape index (κ2) is 9.74. The normalized spacial score (nSPS) is 20.6. The summed E-state index contributed by atoms with van der Waals surface area (Å²) in [5.74, 6) is 0.724. The van der Waals surface area contributed by atoms with Crippen molar-refractivity contribution in [2.24, 2.45) is 11.8 Å². The molecule has 0 radical (unpaired) electrons. The molecule has 0 aliphatic carbocycles. The van der Waals surface area contributed by atoms with E-state index in [9.17, 15) is 9.59 Å². The Morgan fingerprint density at radius 1 is 1.09 bits per heavy atom. The molecule has 0 spiro atoms. The molecule has 3 aromatic rings. The number of ketones is 1. The fourth-order valence-corrected chi connectivity index (χ4v) is 4.58. The number of amides is 1. The molecule has 5 rings (SSSR count). The highest BCUT2D eigenvalue weighted by Crippen LogP contribution is 2.30. The Balaban J connectivity index is 1.34. The van der Waals surface area contributed by atoms with Gasteiger partial charge in [-0.05, 0) is 49.4 Å². The van der Waals surface area contributed by atoms with Crippen LogP contribution in [0.5, 0.6) is 5.75 Å². The molecule has 10 heteroatoms. The van der Waals surface area contributed by atoms with Crippen LogP contribution in [0, 0.1) is 11.8 Å². The van der Waals surface area contributed by atoms with Crippen LogP contribution in [0.1, 0.15) is 16.9 Å². The van der Waals surface area contributed by atoms with E-state index in [1.807, 2.05) is 24.3 Å². The molecule has 0 bridgehead atoms. The van der Waals surface area contributed by atoms with E-state index < -0.39 is 0 Å². The summed E-state index contributed by atoms with van der Waals surface area (Å²) in [6.07, 6.45) is 2.06. The summed E-state index contributed by atoms with van der Waals surface area (Å²) < 4.78 is 6.24. The summed E-state index contributed by atoms with van der Waals surface area (Å²) in [5.41, 5.74) is 2.85. The van der Waals surface area contributed by atoms with Crippen LogP contribution in [0.4, 0.5) is 11.5 Å². The number of hydrogen-bond acceptors (Lipinski definition) is 9. The summed E-state index contributed by atoms with van der Waals surface area (Å²) >= 11 is 1.41. The zero-order valence-electron chi connectivity index (χ0n) is 17.9. The van der Waals surface area contributed by atoms with Crippen LogP contribution in [0.3, 0.4) is 0 Å². The molecule has 9 nitrogen and oxygen atoms in total. The van der Waals surface area contributed by atoms with Gasteiger partial charge in [0.05, 0.1) is 23.0 Å². The third-order valence-electron chi connectivity index (χ3n) is 5.96. The zero-order chi connectivity index (χ0) is 22.6. The van der Waals surface area contributed by atoms with Crippen molar-refractivity contribution < 1.29 is 14.3 Å². The Morgan fingerprint density at radius 3 is 2.61 bits per heavy atom. The highest BCUT2D eigenvalue weighted by Gasteiger charge is 2.34. The van der Waals surface area contributed by atoms with Crippen molar-refractivity contribution in [2.75, 3.05) is 31.1 Å². The number of ether oxygens (including phenoxy) is 1. The molecule has 2 aliphatic rings. The first kappa shape index (κ1) is 21.6. The summed E-state index contributed by atoms with van der Waals surface area (Å²) in [6, 6.07) is 10.9. The van der Waals surface area contributed by atoms with E-state index in [2.05, 4.69) is 25.8 Å². The topological polar surface area (TPSA) is 109 Å². The molecule has 1 aromatic carbocycles. The maximum atomic E-state index is 13.1. The van der Waals surface area contributed by atoms with Crippen molar-refractivity contribution in [3.8, 4) is 5.75 Å². The van der Waals surface area contributed by atoms with Gasteiger partial charge in [-0.1, -0.05) is 0 Å². The van der Waals surface area contributed by atoms with Gasteiger partial charge in [-0.25, -0.2) is 4.98 Å². The third kappa shape index (κ3) is 4.63. The molecule has 170 valence electrons. The van der Waals surface area contributed by atoms with Crippen LogP contribution in [0.25, 0.3) is 0 Å². The highest BCUT2D eigenvalue weighted by molar-refractivity contribution is 7.07. The van der Waals surface area contributed by atoms with E-state index in [4.69, 9.17) is 4.74 Å². The predicted molar refractivity (Wildman–Crippen MR) is 124 cm³/mol. The predicted octanol–water partition coefficient (Wildman–Crippen LogP) is 2.06. The largest absolute Gasteiger partial charge is 0.490 e. The molecule has 2 unspecified atom stereocenters. The number of nitrogens with zero attached hydrogens (tertiary/aromatic N) is 4. The van der Waals surface area contributed by atoms with Gasteiger partial charge in [-0.2, -0.15) is 5.10 Å². The van der Waals surface area contributed by atoms with Crippen molar-refractivity contribution in [2.45, 2.75) is 12.5 Å². The van der Waals surface area contributed by atoms with Crippen LogP contribution in [0.2, 0.25) is 0 Å². The van der Waals surface area contributed by atoms with Gasteiger partial charge < -0.3 is 15.4 Å². The number of piperidine rings is 1. The molecule has 2 aliphatic heterocycles. The van der Waals surface area contributed by atoms with Gasteiger partial charge in [0.1, 0.15) is 17.5 Å². The average molecular weight is 465 g/mol. The summed E-state index contributed by atoms with van der Waals surface area (Å²) in [5, 5.41) is 16.3. The highest BCUT2D eigenvalue weighted by atomic mass is 32.1. The number of anilines is 2. The first-order valence-electron chi connectivity index (χ1n) is 10.9. The van der Waals surface area contributed by atoms with Crippen LogP contribution < -0.4 is 20.3 Å². The van der Waals surface area contributed by atoms with Crippen LogP contribution in [-0.4, -0.2) is 59.2 Å². The average Bonchev–Trinajstić information content (AvgIpc) is 3.35. The number of hydrogen-bond donors (Lipinski definition) is 2. The second-order valence-corrected chi connectivity index (χ2v) is 8.82. The number of thiazole rings is 1. The molecule has 33 heavy (non-hydrogen) atoms. The van der Waals surface area contributed by atoms with Crippen molar-refractivity contribution in [3.05, 3.63) is 59.2 Å². The fraction of sp³-hybridized carbons (Fsp3) is 0.348. The molecule has 4 heterocycles. The molecular weight excluding hydrogens is 440 g/mol. The molecule has 1 amide bonds. The van der Waals surface area contributed by atoms with Crippen molar-refractivity contribution in [3.63, 3.8) is 0 Å². The molecule has 2 saturated heterocycles. The summed E-state index contributed by atoms with van der Waals surface area (Å²) in [7, 11) is 0. The molecule has 0 saturated carbocycles. The Bertz CT molecular complexity index is 1090. The van der Waals surface area contributed by atoms with Gasteiger partial charge in [0, 0.05) is 31.2 Å². The Hall–Kier alpha value is -3.21. The van der Waals surface area contributed by atoms with Gasteiger partial charge in [0.25, 0.3) is 0 Å². The third-order valence-corrected chi connectivity index (χ3v) is 6.55. The van der Waals surface area contributed by atoms with E-state index in [1.54, 1.807) is 34.1 Å². The van der Waals surface area contributed by atoms with E-state index in [-0.39, 0.29) is 29.6 Å². The van der Waals surface area contributed by atoms with Crippen LogP contribution >= 0.6 is 11.3 Å². The Morgan fingerprint density at radius 2 is 1.94 bits per heavy atom. The SMILES string of the molecule is O=C(c1cscn1)C1CNCCC1Oc1ccc(N(C(=O)C2CNC2)c2cccnn2)cc1. The van der Waals surface area contributed by atoms with Gasteiger partial charge >= 0.3 is 0 Å². The quantitative estimate of drug-likeness (QED) is 0.512. The van der Waals surface area contributed by atoms with Crippen LogP contribution in [0.15, 0.2) is 53.5 Å². The van der Waals surface area contributed by atoms with Gasteiger partial charge in [0.2, 0.25) is 5.91 Å². The number of carbonyl (C=O) groups is 2. The minimum Gasteiger partial charge on any atom is -0.490 e. The molecule has 2 atom stereocenters. The standard InChI is InChI=1S/C23H24N6O3S/c30-22(19-13-33-14-26-19)18-12-24-9-7-20(18)32-17-5-3-16(4-6-17)29(21-2-1-8-27-28-21)23(31)15-10-25-11-15/h1-6,8,13-15,18,20,24-25H,7,9-12H2. The lowest BCUT2D eigenvalue weighted by atomic mass is 9.90. The molecular formula is C23H24N6O3S. The second-order valence-electron chi connectivity index (χ2n) is 8.10. The number of rotatable bonds is 7. The number of carbonyl (C=O) groups excluding carboxylic acids is 2. The van der Waals surface area contributed by atoms with Crippen molar-refractivity contribution in [1.82, 2.24) is 25.8 Å². The Kier molecular flexibility index (Phi) is 6.38. The van der Waals surface area contributed by atoms with Gasteiger partial charge in [-0.15, -0.1) is 16.4 Å². The number of aromatic nitrogens is 3. The minimum absolute atomic E-state index is 0.00129. The Labute approximate surface area is 195 Å². The maximum absolute atomic E-state index is 13.1. The number of nitrogens with one attached hydrogen (secondary N) is 2. The smallest absolute Gasteiger partial charge is 0.238 e. The molecule has 2 fully saturated rings. The minimum atomic E-state index is -0.302.